The van der Waals surface area contributed by atoms with E-state index in [-0.39, 0.29) is 5.91 Å². The van der Waals surface area contributed by atoms with E-state index in [1.807, 2.05) is 7.05 Å². The lowest BCUT2D eigenvalue weighted by Gasteiger charge is -2.19. The van der Waals surface area contributed by atoms with Gasteiger partial charge < -0.3 is 15.5 Å². The van der Waals surface area contributed by atoms with Crippen LogP contribution < -0.4 is 15.5 Å². The average Bonchev–Trinajstić information content (AvgIpc) is 2.80. The molecule has 1 aliphatic heterocycles. The van der Waals surface area contributed by atoms with Crippen LogP contribution >= 0.6 is 0 Å². The van der Waals surface area contributed by atoms with E-state index in [0.717, 1.165) is 13.0 Å². The summed E-state index contributed by atoms with van der Waals surface area (Å²) >= 11 is 0. The third-order valence-electron chi connectivity index (χ3n) is 3.64. The topological polar surface area (TPSA) is 44.4 Å². The highest BCUT2D eigenvalue weighted by molar-refractivity contribution is 5.82. The van der Waals surface area contributed by atoms with Crippen molar-refractivity contribution in [2.24, 2.45) is 0 Å². The van der Waals surface area contributed by atoms with Crippen LogP contribution in [0.25, 0.3) is 0 Å². The maximum absolute atomic E-state index is 11.4. The molecular weight excluding hydrogens is 226 g/mol. The molecule has 1 aromatic carbocycles. The van der Waals surface area contributed by atoms with Gasteiger partial charge in [-0.2, -0.15) is 0 Å². The highest BCUT2D eigenvalue weighted by Crippen LogP contribution is 2.30. The molecule has 1 amide bonds. The van der Waals surface area contributed by atoms with E-state index < -0.39 is 0 Å². The van der Waals surface area contributed by atoms with Crippen LogP contribution in [0.1, 0.15) is 24.1 Å². The monoisotopic (exact) mass is 247 g/mol. The lowest BCUT2D eigenvalue weighted by atomic mass is 10.0. The number of hydrogen-bond acceptors (Lipinski definition) is 3. The third-order valence-corrected chi connectivity index (χ3v) is 3.64. The van der Waals surface area contributed by atoms with Gasteiger partial charge in [-0.25, -0.2) is 0 Å². The van der Waals surface area contributed by atoms with Crippen LogP contribution in [0.2, 0.25) is 0 Å². The number of benzene rings is 1. The van der Waals surface area contributed by atoms with Gasteiger partial charge in [0.1, 0.15) is 0 Å². The zero-order valence-electron chi connectivity index (χ0n) is 11.3. The van der Waals surface area contributed by atoms with Gasteiger partial charge in [0.2, 0.25) is 5.91 Å². The molecule has 0 spiro atoms. The normalized spacial score (nSPS) is 15.4. The zero-order chi connectivity index (χ0) is 13.1. The molecule has 0 saturated heterocycles. The van der Waals surface area contributed by atoms with Crippen LogP contribution in [0.3, 0.4) is 0 Å². The van der Waals surface area contributed by atoms with Crippen LogP contribution in [0.5, 0.6) is 0 Å². The lowest BCUT2D eigenvalue weighted by Crippen LogP contribution is -2.34. The van der Waals surface area contributed by atoms with Gasteiger partial charge in [0.05, 0.1) is 6.54 Å². The van der Waals surface area contributed by atoms with E-state index in [9.17, 15) is 4.79 Å². The van der Waals surface area contributed by atoms with Crippen molar-refractivity contribution in [3.8, 4) is 0 Å². The zero-order valence-corrected chi connectivity index (χ0v) is 11.3. The number of rotatable bonds is 4. The number of nitrogens with one attached hydrogen (secondary N) is 2. The van der Waals surface area contributed by atoms with Crippen molar-refractivity contribution in [3.05, 3.63) is 29.3 Å². The Bertz CT molecular complexity index is 445. The number of anilines is 1. The molecule has 0 bridgehead atoms. The summed E-state index contributed by atoms with van der Waals surface area (Å²) in [6.45, 7) is 3.53. The van der Waals surface area contributed by atoms with Crippen molar-refractivity contribution < 1.29 is 4.79 Å². The second-order valence-electron chi connectivity index (χ2n) is 4.74. The van der Waals surface area contributed by atoms with Crippen molar-refractivity contribution in [2.45, 2.75) is 19.4 Å². The van der Waals surface area contributed by atoms with Crippen LogP contribution in [0.4, 0.5) is 5.69 Å². The molecule has 4 heteroatoms. The number of carbonyl (C=O) groups excluding carboxylic acids is 1. The van der Waals surface area contributed by atoms with Crippen molar-refractivity contribution in [1.82, 2.24) is 10.6 Å². The molecule has 18 heavy (non-hydrogen) atoms. The SMILES string of the molecule is CNC(=O)CN1CCc2cc(C(C)NC)ccc21. The van der Waals surface area contributed by atoms with E-state index in [1.165, 1.54) is 16.8 Å². The summed E-state index contributed by atoms with van der Waals surface area (Å²) in [4.78, 5) is 13.6. The van der Waals surface area contributed by atoms with Gasteiger partial charge in [0, 0.05) is 25.3 Å². The first-order chi connectivity index (χ1) is 8.65. The molecule has 98 valence electrons. The predicted molar refractivity (Wildman–Crippen MR) is 73.9 cm³/mol. The molecule has 1 unspecified atom stereocenters. The molecule has 0 aliphatic carbocycles. The Balaban J connectivity index is 2.17. The van der Waals surface area contributed by atoms with Gasteiger partial charge in [-0.1, -0.05) is 12.1 Å². The predicted octanol–water partition coefficient (Wildman–Crippen LogP) is 1.08. The maximum Gasteiger partial charge on any atom is 0.239 e. The van der Waals surface area contributed by atoms with Crippen LogP contribution in [0, 0.1) is 0 Å². The fourth-order valence-corrected chi connectivity index (χ4v) is 2.34. The Hall–Kier alpha value is -1.55. The van der Waals surface area contributed by atoms with Crippen molar-refractivity contribution in [3.63, 3.8) is 0 Å². The van der Waals surface area contributed by atoms with Gasteiger partial charge >= 0.3 is 0 Å². The molecule has 4 nitrogen and oxygen atoms in total. The second-order valence-corrected chi connectivity index (χ2v) is 4.74. The van der Waals surface area contributed by atoms with Crippen molar-refractivity contribution in [1.29, 1.82) is 0 Å². The Morgan fingerprint density at radius 2 is 2.22 bits per heavy atom. The summed E-state index contributed by atoms with van der Waals surface area (Å²) in [6, 6.07) is 6.89. The minimum atomic E-state index is 0.0653. The largest absolute Gasteiger partial charge is 0.362 e. The summed E-state index contributed by atoms with van der Waals surface area (Å²) in [5, 5.41) is 5.92. The van der Waals surface area contributed by atoms with Gasteiger partial charge in [-0.3, -0.25) is 4.79 Å². The van der Waals surface area contributed by atoms with E-state index >= 15 is 0 Å². The summed E-state index contributed by atoms with van der Waals surface area (Å²) in [7, 11) is 3.65. The van der Waals surface area contributed by atoms with E-state index in [0.29, 0.717) is 12.6 Å². The average molecular weight is 247 g/mol. The first-order valence-corrected chi connectivity index (χ1v) is 6.41. The molecule has 2 rings (SSSR count). The van der Waals surface area contributed by atoms with E-state index in [1.54, 1.807) is 7.05 Å². The molecule has 0 fully saturated rings. The second kappa shape index (κ2) is 5.40. The van der Waals surface area contributed by atoms with Gasteiger partial charge in [-0.15, -0.1) is 0 Å². The van der Waals surface area contributed by atoms with Crippen LogP contribution in [0.15, 0.2) is 18.2 Å². The fraction of sp³-hybridized carbons (Fsp3) is 0.500. The summed E-state index contributed by atoms with van der Waals surface area (Å²) < 4.78 is 0. The summed E-state index contributed by atoms with van der Waals surface area (Å²) in [5.74, 6) is 0.0653. The number of carbonyl (C=O) groups is 1. The number of hydrogen-bond donors (Lipinski definition) is 2. The number of nitrogens with zero attached hydrogens (tertiary/aromatic N) is 1. The molecule has 1 aromatic rings. The molecule has 0 saturated carbocycles. The Kier molecular flexibility index (Phi) is 3.87. The van der Waals surface area contributed by atoms with E-state index in [2.05, 4.69) is 40.7 Å². The summed E-state index contributed by atoms with van der Waals surface area (Å²) in [5.41, 5.74) is 3.85. The Morgan fingerprint density at radius 1 is 1.44 bits per heavy atom. The molecule has 2 N–H and O–H groups in total. The molecule has 1 atom stereocenters. The standard InChI is InChI=1S/C14H21N3O/c1-10(15-2)11-4-5-13-12(8-11)6-7-17(13)9-14(18)16-3/h4-5,8,10,15H,6-7,9H2,1-3H3,(H,16,18). The van der Waals surface area contributed by atoms with Crippen molar-refractivity contribution in [2.75, 3.05) is 32.1 Å². The minimum Gasteiger partial charge on any atom is -0.362 e. The van der Waals surface area contributed by atoms with Crippen LogP contribution in [-0.2, 0) is 11.2 Å². The number of likely N-dealkylation sites (N-methyl/N-ethyl adjacent to an activating group) is 1. The first kappa shape index (κ1) is 12.9. The number of amides is 1. The smallest absolute Gasteiger partial charge is 0.239 e. The Labute approximate surface area is 108 Å². The highest BCUT2D eigenvalue weighted by Gasteiger charge is 2.21. The molecular formula is C14H21N3O. The van der Waals surface area contributed by atoms with Gasteiger partial charge in [0.15, 0.2) is 0 Å². The number of fused-ring (bicyclic) bond motifs is 1. The fourth-order valence-electron chi connectivity index (χ4n) is 2.34. The molecule has 0 aromatic heterocycles. The molecule has 1 aliphatic rings. The highest BCUT2D eigenvalue weighted by atomic mass is 16.1. The Morgan fingerprint density at radius 3 is 2.89 bits per heavy atom. The molecule has 0 radical (unpaired) electrons. The maximum atomic E-state index is 11.4. The van der Waals surface area contributed by atoms with E-state index in [4.69, 9.17) is 0 Å². The minimum absolute atomic E-state index is 0.0653. The summed E-state index contributed by atoms with van der Waals surface area (Å²) in [6.07, 6.45) is 1.02. The lowest BCUT2D eigenvalue weighted by molar-refractivity contribution is -0.119. The van der Waals surface area contributed by atoms with Crippen LogP contribution in [-0.4, -0.2) is 33.1 Å². The van der Waals surface area contributed by atoms with Crippen molar-refractivity contribution >= 4 is 11.6 Å². The third kappa shape index (κ3) is 2.48. The van der Waals surface area contributed by atoms with Gasteiger partial charge in [-0.05, 0) is 37.6 Å². The first-order valence-electron chi connectivity index (χ1n) is 6.41. The molecule has 1 heterocycles. The van der Waals surface area contributed by atoms with Gasteiger partial charge in [0.25, 0.3) is 0 Å². The quantitative estimate of drug-likeness (QED) is 0.836.